The number of H-pyrrole nitrogens is 1. The maximum atomic E-state index is 13.7. The highest BCUT2D eigenvalue weighted by molar-refractivity contribution is 7.52. The van der Waals surface area contributed by atoms with Crippen LogP contribution in [0.1, 0.15) is 33.4 Å². The first-order valence-corrected chi connectivity index (χ1v) is 13.7. The number of aliphatic hydroxyl groups excluding tert-OH is 1. The van der Waals surface area contributed by atoms with Crippen molar-refractivity contribution >= 4 is 36.9 Å². The Hall–Kier alpha value is -2.18. The highest BCUT2D eigenvalue weighted by Gasteiger charge is 2.56. The first-order valence-electron chi connectivity index (χ1n) is 11.4. The normalized spacial score (nSPS) is 24.1. The Morgan fingerprint density at radius 1 is 1.27 bits per heavy atom. The van der Waals surface area contributed by atoms with E-state index in [2.05, 4.69) is 5.09 Å². The number of nitrogens with zero attached hydrogens (tertiary/aromatic N) is 1. The molecule has 12 nitrogen and oxygen atoms in total. The van der Waals surface area contributed by atoms with Gasteiger partial charge in [-0.25, -0.2) is 9.36 Å². The molecule has 1 aliphatic heterocycles. The number of rotatable bonds is 11. The zero-order valence-corrected chi connectivity index (χ0v) is 22.6. The van der Waals surface area contributed by atoms with E-state index >= 15 is 0 Å². The second kappa shape index (κ2) is 12.1. The van der Waals surface area contributed by atoms with Crippen LogP contribution in [0.4, 0.5) is 0 Å². The van der Waals surface area contributed by atoms with Crippen LogP contribution in [0.3, 0.4) is 0 Å². The van der Waals surface area contributed by atoms with E-state index in [9.17, 15) is 24.1 Å². The summed E-state index contributed by atoms with van der Waals surface area (Å²) in [5.74, 6) is -0.500. The van der Waals surface area contributed by atoms with Gasteiger partial charge in [-0.2, -0.15) is 5.09 Å². The Balaban J connectivity index is 1.79. The fourth-order valence-corrected chi connectivity index (χ4v) is 5.37. The van der Waals surface area contributed by atoms with Crippen LogP contribution in [0, 0.1) is 0 Å². The third kappa shape index (κ3) is 7.23. The molecule has 3 rings (SSSR count). The number of esters is 1. The van der Waals surface area contributed by atoms with Gasteiger partial charge in [0.15, 0.2) is 10.6 Å². The average molecular weight is 580 g/mol. The zero-order chi connectivity index (χ0) is 27.4. The summed E-state index contributed by atoms with van der Waals surface area (Å²) >= 11 is 12.6. The van der Waals surface area contributed by atoms with Crippen LogP contribution < -0.4 is 20.9 Å². The Kier molecular flexibility index (Phi) is 9.62. The van der Waals surface area contributed by atoms with E-state index in [-0.39, 0.29) is 11.9 Å². The monoisotopic (exact) mass is 579 g/mol. The Morgan fingerprint density at radius 2 is 1.95 bits per heavy atom. The van der Waals surface area contributed by atoms with Crippen molar-refractivity contribution in [1.29, 1.82) is 0 Å². The van der Waals surface area contributed by atoms with E-state index in [0.29, 0.717) is 6.42 Å². The maximum Gasteiger partial charge on any atom is 0.459 e. The van der Waals surface area contributed by atoms with Gasteiger partial charge in [0.1, 0.15) is 24.0 Å². The summed E-state index contributed by atoms with van der Waals surface area (Å²) in [5, 5.41) is 13.2. The number of benzene rings is 1. The van der Waals surface area contributed by atoms with Crippen molar-refractivity contribution in [3.05, 3.63) is 63.4 Å². The molecular formula is C22H28Cl2N3O9P. The minimum atomic E-state index is -4.28. The summed E-state index contributed by atoms with van der Waals surface area (Å²) in [4.78, 5) is 38.1. The molecule has 1 aliphatic rings. The highest BCUT2D eigenvalue weighted by atomic mass is 35.5. The van der Waals surface area contributed by atoms with Crippen LogP contribution in [-0.4, -0.2) is 55.9 Å². The van der Waals surface area contributed by atoms with E-state index < -0.39 is 60.4 Å². The van der Waals surface area contributed by atoms with E-state index in [1.807, 2.05) is 11.9 Å². The van der Waals surface area contributed by atoms with Gasteiger partial charge in [0.05, 0.1) is 12.7 Å². The standard InChI is InChI=1S/C22H28Cl2N3O9P/c1-4-13(2)34-19(30)14(3)26-37(32,36-15-8-6-5-7-9-15)33-12-16-18(29)22(23,24)20(35-16)27-11-10-17(28)25-21(27)31/h5-11,13-14,16,18,20,29H,4,12H2,1-3H3,(H,26,32)(H,25,28,31)/t13-,14+,16-,18-,20-,37-/m1/s1. The lowest BCUT2D eigenvalue weighted by molar-refractivity contribution is -0.150. The van der Waals surface area contributed by atoms with Gasteiger partial charge in [-0.3, -0.25) is 23.7 Å². The largest absolute Gasteiger partial charge is 0.462 e. The van der Waals surface area contributed by atoms with Crippen LogP contribution in [0.2, 0.25) is 0 Å². The van der Waals surface area contributed by atoms with Crippen molar-refractivity contribution in [3.63, 3.8) is 0 Å². The number of carbonyl (C=O) groups is 1. The number of halogens is 2. The van der Waals surface area contributed by atoms with Gasteiger partial charge in [0.25, 0.3) is 5.56 Å². The molecule has 37 heavy (non-hydrogen) atoms. The van der Waals surface area contributed by atoms with Crippen molar-refractivity contribution in [3.8, 4) is 5.75 Å². The molecule has 0 aliphatic carbocycles. The molecule has 0 spiro atoms. The van der Waals surface area contributed by atoms with Crippen LogP contribution >= 0.6 is 30.9 Å². The Bertz CT molecular complexity index is 1240. The number of carbonyl (C=O) groups excluding carboxylic acids is 1. The molecule has 0 amide bonds. The summed E-state index contributed by atoms with van der Waals surface area (Å²) < 4.78 is 34.6. The lowest BCUT2D eigenvalue weighted by Crippen LogP contribution is -2.41. The van der Waals surface area contributed by atoms with Gasteiger partial charge >= 0.3 is 19.4 Å². The summed E-state index contributed by atoms with van der Waals surface area (Å²) in [6.45, 7) is 4.42. The topological polar surface area (TPSA) is 158 Å². The lowest BCUT2D eigenvalue weighted by atomic mass is 10.2. The quantitative estimate of drug-likeness (QED) is 0.205. The van der Waals surface area contributed by atoms with Gasteiger partial charge < -0.3 is 19.1 Å². The predicted octanol–water partition coefficient (Wildman–Crippen LogP) is 2.49. The van der Waals surface area contributed by atoms with Gasteiger partial charge in [0.2, 0.25) is 0 Å². The number of hydrogen-bond acceptors (Lipinski definition) is 9. The Labute approximate surface area is 222 Å². The highest BCUT2D eigenvalue weighted by Crippen LogP contribution is 2.49. The number of alkyl halides is 2. The summed E-state index contributed by atoms with van der Waals surface area (Å²) in [6, 6.07) is 8.03. The molecule has 0 radical (unpaired) electrons. The van der Waals surface area contributed by atoms with Crippen LogP contribution in [0.5, 0.6) is 5.75 Å². The van der Waals surface area contributed by atoms with E-state index in [4.69, 9.17) is 41.7 Å². The minimum Gasteiger partial charge on any atom is -0.462 e. The van der Waals surface area contributed by atoms with Crippen molar-refractivity contribution in [2.75, 3.05) is 6.61 Å². The third-order valence-electron chi connectivity index (χ3n) is 5.46. The number of para-hydroxylation sites is 1. The first-order chi connectivity index (χ1) is 17.4. The molecule has 0 saturated carbocycles. The number of nitrogens with one attached hydrogen (secondary N) is 2. The molecule has 204 valence electrons. The minimum absolute atomic E-state index is 0.176. The number of aliphatic hydroxyl groups is 1. The summed E-state index contributed by atoms with van der Waals surface area (Å²) in [7, 11) is -4.28. The molecule has 3 N–H and O–H groups in total. The molecule has 2 heterocycles. The van der Waals surface area contributed by atoms with Crippen molar-refractivity contribution < 1.29 is 33.0 Å². The molecule has 6 atom stereocenters. The van der Waals surface area contributed by atoms with Crippen molar-refractivity contribution in [2.24, 2.45) is 0 Å². The number of aromatic nitrogens is 2. The second-order valence-corrected chi connectivity index (χ2v) is 11.5. The maximum absolute atomic E-state index is 13.7. The molecule has 1 fully saturated rings. The van der Waals surface area contributed by atoms with Crippen molar-refractivity contribution in [2.45, 2.75) is 62.1 Å². The Morgan fingerprint density at radius 3 is 2.57 bits per heavy atom. The molecule has 15 heteroatoms. The summed E-state index contributed by atoms with van der Waals surface area (Å²) in [6.07, 6.45) is -2.98. The van der Waals surface area contributed by atoms with E-state index in [1.165, 1.54) is 19.1 Å². The zero-order valence-electron chi connectivity index (χ0n) is 20.2. The van der Waals surface area contributed by atoms with Gasteiger partial charge in [-0.05, 0) is 32.4 Å². The SMILES string of the molecule is CC[C@@H](C)OC(=O)[C@H](C)N[P@@](=O)(OC[C@H]1O[C@@H](n2ccc(=O)[nH]c2=O)C(Cl)(Cl)[C@@H]1O)Oc1ccccc1. The molecule has 0 bridgehead atoms. The molecule has 1 aromatic carbocycles. The fraction of sp³-hybridized carbons (Fsp3) is 0.500. The van der Waals surface area contributed by atoms with Crippen molar-refractivity contribution in [1.82, 2.24) is 14.6 Å². The molecular weight excluding hydrogens is 552 g/mol. The van der Waals surface area contributed by atoms with Crippen LogP contribution in [0.25, 0.3) is 0 Å². The smallest absolute Gasteiger partial charge is 0.459 e. The molecule has 0 unspecified atom stereocenters. The van der Waals surface area contributed by atoms with E-state index in [1.54, 1.807) is 25.1 Å². The van der Waals surface area contributed by atoms with E-state index in [0.717, 1.165) is 16.8 Å². The van der Waals surface area contributed by atoms with Gasteiger partial charge in [-0.15, -0.1) is 0 Å². The van der Waals surface area contributed by atoms with Crippen LogP contribution in [0.15, 0.2) is 52.2 Å². The number of hydrogen-bond donors (Lipinski definition) is 3. The average Bonchev–Trinajstić information content (AvgIpc) is 3.06. The fourth-order valence-electron chi connectivity index (χ4n) is 3.27. The third-order valence-corrected chi connectivity index (χ3v) is 7.92. The first kappa shape index (κ1) is 29.4. The predicted molar refractivity (Wildman–Crippen MR) is 135 cm³/mol. The van der Waals surface area contributed by atoms with Gasteiger partial charge in [-0.1, -0.05) is 48.3 Å². The number of aromatic amines is 1. The lowest BCUT2D eigenvalue weighted by Gasteiger charge is -2.25. The number of ether oxygens (including phenoxy) is 2. The van der Waals surface area contributed by atoms with Crippen LogP contribution in [-0.2, 0) is 23.4 Å². The summed E-state index contributed by atoms with van der Waals surface area (Å²) in [5.41, 5.74) is -1.52. The molecule has 2 aromatic rings. The van der Waals surface area contributed by atoms with Gasteiger partial charge in [0, 0.05) is 12.3 Å². The molecule has 1 saturated heterocycles. The second-order valence-electron chi connectivity index (χ2n) is 8.37. The molecule has 1 aromatic heterocycles.